The Kier molecular flexibility index (Phi) is 7.89. The molecule has 50 heavy (non-hydrogen) atoms. The molecule has 0 spiro atoms. The van der Waals surface area contributed by atoms with Crippen LogP contribution in [0.25, 0.3) is 64.7 Å². The second-order valence-electron chi connectivity index (χ2n) is 12.9. The summed E-state index contributed by atoms with van der Waals surface area (Å²) >= 11 is 1.87. The fourth-order valence-electron chi connectivity index (χ4n) is 7.21. The first-order valence-electron chi connectivity index (χ1n) is 17.2. The summed E-state index contributed by atoms with van der Waals surface area (Å²) < 4.78 is 2.65. The molecule has 0 unspecified atom stereocenters. The zero-order valence-corrected chi connectivity index (χ0v) is 28.4. The molecule has 0 fully saturated rings. The van der Waals surface area contributed by atoms with E-state index in [2.05, 4.69) is 200 Å². The quantitative estimate of drug-likeness (QED) is 0.150. The third-order valence-electron chi connectivity index (χ3n) is 9.86. The van der Waals surface area contributed by atoms with Gasteiger partial charge in [0.2, 0.25) is 0 Å². The van der Waals surface area contributed by atoms with E-state index in [9.17, 15) is 0 Å². The van der Waals surface area contributed by atoms with Crippen molar-refractivity contribution in [1.82, 2.24) is 0 Å². The first-order chi connectivity index (χ1) is 24.8. The highest BCUT2D eigenvalue weighted by molar-refractivity contribution is 7.25. The normalized spacial score (nSPS) is 11.4. The molecule has 0 nitrogen and oxygen atoms in total. The largest absolute Gasteiger partial charge is 0.135 e. The van der Waals surface area contributed by atoms with Gasteiger partial charge in [0, 0.05) is 26.1 Å². The van der Waals surface area contributed by atoms with E-state index < -0.39 is 0 Å². The van der Waals surface area contributed by atoms with E-state index in [0.717, 1.165) is 0 Å². The lowest BCUT2D eigenvalue weighted by atomic mass is 9.83. The molecule has 0 saturated heterocycles. The number of thiophene rings is 1. The maximum atomic E-state index is 2.38. The van der Waals surface area contributed by atoms with E-state index in [1.807, 2.05) is 11.3 Å². The Bertz CT molecular complexity index is 2440. The predicted molar refractivity (Wildman–Crippen MR) is 215 cm³/mol. The predicted octanol–water partition coefficient (Wildman–Crippen LogP) is 13.9. The molecule has 0 amide bonds. The molecule has 0 radical (unpaired) electrons. The monoisotopic (exact) mass is 654 g/mol. The van der Waals surface area contributed by atoms with Crippen LogP contribution < -0.4 is 0 Å². The van der Waals surface area contributed by atoms with Gasteiger partial charge in [-0.15, -0.1) is 11.3 Å². The summed E-state index contributed by atoms with van der Waals surface area (Å²) in [5.74, 6) is 0.110. The summed E-state index contributed by atoms with van der Waals surface area (Å²) in [6.45, 7) is 0. The maximum Gasteiger partial charge on any atom is 0.0355 e. The summed E-state index contributed by atoms with van der Waals surface area (Å²) in [6.07, 6.45) is 0. The topological polar surface area (TPSA) is 0 Å². The molecule has 9 aromatic rings. The molecule has 0 saturated carbocycles. The SMILES string of the molecule is c1ccc(-c2ccc(C(c3ccc(-c4ccccc4)cc3)c3ccc(-c4ccc5sc6ccc(-c7ccccc7)cc6c5c4)cc3)cc2)cc1. The van der Waals surface area contributed by atoms with Crippen LogP contribution in [0.5, 0.6) is 0 Å². The minimum Gasteiger partial charge on any atom is -0.135 e. The highest BCUT2D eigenvalue weighted by atomic mass is 32.1. The summed E-state index contributed by atoms with van der Waals surface area (Å²) in [4.78, 5) is 0. The van der Waals surface area contributed by atoms with Gasteiger partial charge in [0.15, 0.2) is 0 Å². The van der Waals surface area contributed by atoms with Gasteiger partial charge in [-0.2, -0.15) is 0 Å². The molecule has 1 heteroatoms. The lowest BCUT2D eigenvalue weighted by Crippen LogP contribution is -2.03. The molecule has 9 rings (SSSR count). The van der Waals surface area contributed by atoms with E-state index in [1.54, 1.807) is 0 Å². The molecule has 0 aliphatic carbocycles. The lowest BCUT2D eigenvalue weighted by molar-refractivity contribution is 0.978. The van der Waals surface area contributed by atoms with Crippen LogP contribution >= 0.6 is 11.3 Å². The van der Waals surface area contributed by atoms with Gasteiger partial charge in [-0.05, 0) is 85.5 Å². The Labute approximate surface area is 297 Å². The molecular weight excluding hydrogens is 621 g/mol. The van der Waals surface area contributed by atoms with Crippen molar-refractivity contribution in [2.24, 2.45) is 0 Å². The van der Waals surface area contributed by atoms with Crippen LogP contribution in [-0.4, -0.2) is 0 Å². The second-order valence-corrected chi connectivity index (χ2v) is 14.0. The van der Waals surface area contributed by atoms with Crippen LogP contribution in [-0.2, 0) is 0 Å². The van der Waals surface area contributed by atoms with Gasteiger partial charge in [0.25, 0.3) is 0 Å². The van der Waals surface area contributed by atoms with Crippen molar-refractivity contribution in [2.45, 2.75) is 5.92 Å². The summed E-state index contributed by atoms with van der Waals surface area (Å²) in [5.41, 5.74) is 13.8. The fraction of sp³-hybridized carbons (Fsp3) is 0.0204. The van der Waals surface area contributed by atoms with Gasteiger partial charge >= 0.3 is 0 Å². The molecule has 0 atom stereocenters. The van der Waals surface area contributed by atoms with Crippen LogP contribution in [0.4, 0.5) is 0 Å². The van der Waals surface area contributed by atoms with Crippen molar-refractivity contribution in [1.29, 1.82) is 0 Å². The van der Waals surface area contributed by atoms with Crippen molar-refractivity contribution in [3.8, 4) is 44.5 Å². The fourth-order valence-corrected chi connectivity index (χ4v) is 8.28. The molecule has 1 aromatic heterocycles. The zero-order chi connectivity index (χ0) is 33.3. The van der Waals surface area contributed by atoms with E-state index in [-0.39, 0.29) is 5.92 Å². The third-order valence-corrected chi connectivity index (χ3v) is 11.0. The number of hydrogen-bond acceptors (Lipinski definition) is 1. The average Bonchev–Trinajstić information content (AvgIpc) is 3.57. The summed E-state index contributed by atoms with van der Waals surface area (Å²) in [5, 5.41) is 2.64. The van der Waals surface area contributed by atoms with E-state index in [1.165, 1.54) is 81.4 Å². The van der Waals surface area contributed by atoms with Crippen LogP contribution in [0.3, 0.4) is 0 Å². The average molecular weight is 655 g/mol. The first kappa shape index (κ1) is 30.1. The van der Waals surface area contributed by atoms with E-state index >= 15 is 0 Å². The molecule has 1 heterocycles. The van der Waals surface area contributed by atoms with Crippen LogP contribution in [0.15, 0.2) is 200 Å². The number of fused-ring (bicyclic) bond motifs is 3. The molecular formula is C49H34S. The standard InChI is InChI=1S/C49H34S/c1-4-10-34(11-5-1)37-16-22-40(23-17-37)49(41-24-18-38(19-25-41)35-12-6-2-7-13-35)42-26-20-39(21-27-42)44-29-31-48-46(33-44)45-32-43(28-30-47(45)50-48)36-14-8-3-9-15-36/h1-33,49H. The molecule has 0 bridgehead atoms. The number of benzene rings is 8. The van der Waals surface area contributed by atoms with Crippen LogP contribution in [0.2, 0.25) is 0 Å². The zero-order valence-electron chi connectivity index (χ0n) is 27.5. The van der Waals surface area contributed by atoms with Gasteiger partial charge < -0.3 is 0 Å². The summed E-state index contributed by atoms with van der Waals surface area (Å²) in [7, 11) is 0. The van der Waals surface area contributed by atoms with Crippen molar-refractivity contribution < 1.29 is 0 Å². The molecule has 236 valence electrons. The summed E-state index contributed by atoms with van der Waals surface area (Å²) in [6, 6.07) is 73.1. The Morgan fingerprint density at radius 1 is 0.260 bits per heavy atom. The number of hydrogen-bond donors (Lipinski definition) is 0. The first-order valence-corrected chi connectivity index (χ1v) is 18.0. The molecule has 0 N–H and O–H groups in total. The van der Waals surface area contributed by atoms with Crippen molar-refractivity contribution in [3.05, 3.63) is 217 Å². The number of rotatable bonds is 7. The molecule has 0 aliphatic heterocycles. The van der Waals surface area contributed by atoms with Crippen molar-refractivity contribution >= 4 is 31.5 Å². The molecule has 8 aromatic carbocycles. The Morgan fingerprint density at radius 2 is 0.540 bits per heavy atom. The Hall–Kier alpha value is -6.02. The smallest absolute Gasteiger partial charge is 0.0355 e. The Morgan fingerprint density at radius 3 is 0.900 bits per heavy atom. The maximum absolute atomic E-state index is 2.38. The van der Waals surface area contributed by atoms with Gasteiger partial charge in [0.1, 0.15) is 0 Å². The van der Waals surface area contributed by atoms with Crippen molar-refractivity contribution in [3.63, 3.8) is 0 Å². The third kappa shape index (κ3) is 5.83. The van der Waals surface area contributed by atoms with Gasteiger partial charge in [-0.25, -0.2) is 0 Å². The highest BCUT2D eigenvalue weighted by Gasteiger charge is 2.18. The van der Waals surface area contributed by atoms with Gasteiger partial charge in [-0.3, -0.25) is 0 Å². The van der Waals surface area contributed by atoms with Crippen LogP contribution in [0, 0.1) is 0 Å². The lowest BCUT2D eigenvalue weighted by Gasteiger charge is -2.20. The Balaban J connectivity index is 1.08. The van der Waals surface area contributed by atoms with E-state index in [4.69, 9.17) is 0 Å². The van der Waals surface area contributed by atoms with Gasteiger partial charge in [0.05, 0.1) is 0 Å². The van der Waals surface area contributed by atoms with E-state index in [0.29, 0.717) is 0 Å². The second kappa shape index (κ2) is 13.1. The minimum atomic E-state index is 0.110. The van der Waals surface area contributed by atoms with Crippen LogP contribution in [0.1, 0.15) is 22.6 Å². The highest BCUT2D eigenvalue weighted by Crippen LogP contribution is 2.40. The van der Waals surface area contributed by atoms with Gasteiger partial charge in [-0.1, -0.05) is 176 Å². The van der Waals surface area contributed by atoms with Crippen molar-refractivity contribution in [2.75, 3.05) is 0 Å². The molecule has 0 aliphatic rings. The minimum absolute atomic E-state index is 0.110.